The van der Waals surface area contributed by atoms with Gasteiger partial charge in [-0.3, -0.25) is 0 Å². The topological polar surface area (TPSA) is 83.0 Å². The number of esters is 1. The average molecular weight is 278 g/mol. The fraction of sp³-hybridized carbons (Fsp3) is 0.250. The smallest absolute Gasteiger partial charge is 0.340 e. The van der Waals surface area contributed by atoms with Crippen molar-refractivity contribution in [2.45, 2.75) is 17.0 Å². The lowest BCUT2D eigenvalue weighted by Crippen LogP contribution is -2.08. The molecule has 0 bridgehead atoms. The summed E-state index contributed by atoms with van der Waals surface area (Å²) in [5, 5.41) is 4.68. The summed E-state index contributed by atoms with van der Waals surface area (Å²) < 4.78 is 6.60. The number of carbonyl (C=O) groups excluding carboxylic acids is 1. The molecular formula is C12H14N4O2S. The van der Waals surface area contributed by atoms with E-state index in [0.29, 0.717) is 23.0 Å². The van der Waals surface area contributed by atoms with Crippen LogP contribution in [0.25, 0.3) is 0 Å². The number of rotatable bonds is 4. The number of hydrogen-bond acceptors (Lipinski definition) is 6. The lowest BCUT2D eigenvalue weighted by molar-refractivity contribution is 0.0527. The fourth-order valence-corrected chi connectivity index (χ4v) is 2.34. The monoisotopic (exact) mass is 278 g/mol. The van der Waals surface area contributed by atoms with Crippen LogP contribution in [-0.4, -0.2) is 27.3 Å². The van der Waals surface area contributed by atoms with E-state index < -0.39 is 5.97 Å². The summed E-state index contributed by atoms with van der Waals surface area (Å²) in [5.41, 5.74) is 6.77. The normalized spacial score (nSPS) is 10.4. The van der Waals surface area contributed by atoms with Crippen molar-refractivity contribution >= 4 is 23.4 Å². The molecule has 2 aromatic rings. The van der Waals surface area contributed by atoms with Crippen LogP contribution < -0.4 is 5.73 Å². The highest BCUT2D eigenvalue weighted by Crippen LogP contribution is 2.32. The highest BCUT2D eigenvalue weighted by Gasteiger charge is 2.15. The van der Waals surface area contributed by atoms with Crippen LogP contribution in [0, 0.1) is 0 Å². The quantitative estimate of drug-likeness (QED) is 0.677. The van der Waals surface area contributed by atoms with E-state index in [1.54, 1.807) is 30.8 Å². The number of nitrogens with two attached hydrogens (primary N) is 1. The minimum Gasteiger partial charge on any atom is -0.462 e. The van der Waals surface area contributed by atoms with Gasteiger partial charge in [-0.05, 0) is 30.8 Å². The van der Waals surface area contributed by atoms with Crippen LogP contribution in [0.5, 0.6) is 0 Å². The van der Waals surface area contributed by atoms with E-state index in [-0.39, 0.29) is 0 Å². The number of anilines is 1. The van der Waals surface area contributed by atoms with Gasteiger partial charge in [0.05, 0.1) is 17.9 Å². The number of hydrogen-bond donors (Lipinski definition) is 1. The molecule has 0 unspecified atom stereocenters. The molecule has 7 heteroatoms. The zero-order chi connectivity index (χ0) is 13.8. The molecular weight excluding hydrogens is 264 g/mol. The van der Waals surface area contributed by atoms with Crippen molar-refractivity contribution in [3.63, 3.8) is 0 Å². The van der Waals surface area contributed by atoms with Crippen molar-refractivity contribution in [2.75, 3.05) is 12.3 Å². The number of nitrogens with zero attached hydrogens (tertiary/aromatic N) is 3. The van der Waals surface area contributed by atoms with Crippen LogP contribution in [-0.2, 0) is 11.8 Å². The number of benzene rings is 1. The summed E-state index contributed by atoms with van der Waals surface area (Å²) in [6.45, 7) is 2.07. The Morgan fingerprint density at radius 3 is 2.95 bits per heavy atom. The van der Waals surface area contributed by atoms with Gasteiger partial charge in [-0.15, -0.1) is 0 Å². The summed E-state index contributed by atoms with van der Waals surface area (Å²) in [6, 6.07) is 5.24. The zero-order valence-corrected chi connectivity index (χ0v) is 11.5. The molecule has 1 aromatic heterocycles. The van der Waals surface area contributed by atoms with E-state index in [4.69, 9.17) is 10.5 Å². The molecule has 1 aromatic carbocycles. The van der Waals surface area contributed by atoms with Gasteiger partial charge in [0.15, 0.2) is 5.16 Å². The summed E-state index contributed by atoms with van der Waals surface area (Å²) in [5.74, 6) is -0.416. The van der Waals surface area contributed by atoms with Crippen LogP contribution in [0.4, 0.5) is 5.69 Å². The highest BCUT2D eigenvalue weighted by molar-refractivity contribution is 7.99. The SMILES string of the molecule is CCOC(=O)c1cccc(Sc2ncnn2C)c1N. The largest absolute Gasteiger partial charge is 0.462 e. The summed E-state index contributed by atoms with van der Waals surface area (Å²) >= 11 is 1.35. The third kappa shape index (κ3) is 2.87. The molecule has 0 aliphatic carbocycles. The number of ether oxygens (including phenoxy) is 1. The van der Waals surface area contributed by atoms with Gasteiger partial charge < -0.3 is 10.5 Å². The summed E-state index contributed by atoms with van der Waals surface area (Å²) in [4.78, 5) is 16.6. The maximum absolute atomic E-state index is 11.7. The van der Waals surface area contributed by atoms with Gasteiger partial charge >= 0.3 is 5.97 Å². The maximum atomic E-state index is 11.7. The number of para-hydroxylation sites is 1. The molecule has 1 heterocycles. The number of carbonyl (C=O) groups is 1. The predicted molar refractivity (Wildman–Crippen MR) is 71.9 cm³/mol. The van der Waals surface area contributed by atoms with Gasteiger partial charge in [-0.25, -0.2) is 14.5 Å². The van der Waals surface area contributed by atoms with Crippen molar-refractivity contribution in [3.8, 4) is 0 Å². The van der Waals surface area contributed by atoms with Crippen molar-refractivity contribution in [3.05, 3.63) is 30.1 Å². The van der Waals surface area contributed by atoms with E-state index in [1.165, 1.54) is 18.1 Å². The maximum Gasteiger partial charge on any atom is 0.340 e. The molecule has 2 N–H and O–H groups in total. The second-order valence-electron chi connectivity index (χ2n) is 3.71. The van der Waals surface area contributed by atoms with Crippen molar-refractivity contribution in [1.82, 2.24) is 14.8 Å². The minimum absolute atomic E-state index is 0.318. The van der Waals surface area contributed by atoms with Crippen molar-refractivity contribution < 1.29 is 9.53 Å². The second kappa shape index (κ2) is 5.75. The number of aryl methyl sites for hydroxylation is 1. The van der Waals surface area contributed by atoms with Crippen LogP contribution >= 0.6 is 11.8 Å². The van der Waals surface area contributed by atoms with Crippen molar-refractivity contribution in [1.29, 1.82) is 0 Å². The first-order valence-electron chi connectivity index (χ1n) is 5.71. The van der Waals surface area contributed by atoms with Gasteiger partial charge in [0, 0.05) is 11.9 Å². The Morgan fingerprint density at radius 1 is 1.53 bits per heavy atom. The highest BCUT2D eigenvalue weighted by atomic mass is 32.2. The van der Waals surface area contributed by atoms with Crippen LogP contribution in [0.1, 0.15) is 17.3 Å². The lowest BCUT2D eigenvalue weighted by Gasteiger charge is -2.09. The molecule has 100 valence electrons. The first-order valence-corrected chi connectivity index (χ1v) is 6.52. The van der Waals surface area contributed by atoms with Crippen molar-refractivity contribution in [2.24, 2.45) is 7.05 Å². The molecule has 0 saturated heterocycles. The molecule has 0 spiro atoms. The summed E-state index contributed by atoms with van der Waals surface area (Å²) in [6.07, 6.45) is 1.47. The second-order valence-corrected chi connectivity index (χ2v) is 4.72. The van der Waals surface area contributed by atoms with Gasteiger partial charge in [-0.2, -0.15) is 5.10 Å². The molecule has 0 saturated carbocycles. The number of nitrogen functional groups attached to an aromatic ring is 1. The zero-order valence-electron chi connectivity index (χ0n) is 10.7. The average Bonchev–Trinajstić information content (AvgIpc) is 2.78. The Hall–Kier alpha value is -2.02. The van der Waals surface area contributed by atoms with E-state index >= 15 is 0 Å². The Balaban J connectivity index is 2.30. The van der Waals surface area contributed by atoms with Gasteiger partial charge in [-0.1, -0.05) is 6.07 Å². The van der Waals surface area contributed by atoms with Crippen LogP contribution in [0.3, 0.4) is 0 Å². The Kier molecular flexibility index (Phi) is 4.06. The fourth-order valence-electron chi connectivity index (χ4n) is 1.50. The predicted octanol–water partition coefficient (Wildman–Crippen LogP) is 1.73. The Bertz CT molecular complexity index is 597. The Morgan fingerprint density at radius 2 is 2.32 bits per heavy atom. The molecule has 0 atom stereocenters. The van der Waals surface area contributed by atoms with E-state index in [1.807, 2.05) is 6.07 Å². The molecule has 0 radical (unpaired) electrons. The molecule has 2 rings (SSSR count). The Labute approximate surface area is 115 Å². The van der Waals surface area contributed by atoms with Crippen LogP contribution in [0.15, 0.2) is 34.6 Å². The van der Waals surface area contributed by atoms with E-state index in [9.17, 15) is 4.79 Å². The van der Waals surface area contributed by atoms with Crippen LogP contribution in [0.2, 0.25) is 0 Å². The van der Waals surface area contributed by atoms with Gasteiger partial charge in [0.25, 0.3) is 0 Å². The third-order valence-electron chi connectivity index (χ3n) is 2.43. The third-order valence-corrected chi connectivity index (χ3v) is 3.56. The minimum atomic E-state index is -0.416. The summed E-state index contributed by atoms with van der Waals surface area (Å²) in [7, 11) is 1.79. The van der Waals surface area contributed by atoms with E-state index in [2.05, 4.69) is 10.1 Å². The van der Waals surface area contributed by atoms with E-state index in [0.717, 1.165) is 4.90 Å². The molecule has 6 nitrogen and oxygen atoms in total. The van der Waals surface area contributed by atoms with Gasteiger partial charge in [0.2, 0.25) is 0 Å². The standard InChI is InChI=1S/C12H14N4O2S/c1-3-18-11(17)8-5-4-6-9(10(8)13)19-12-14-7-15-16(12)2/h4-7H,3,13H2,1-2H3. The lowest BCUT2D eigenvalue weighted by atomic mass is 10.2. The first-order chi connectivity index (χ1) is 9.13. The molecule has 0 aliphatic heterocycles. The first kappa shape index (κ1) is 13.4. The molecule has 0 aliphatic rings. The molecule has 0 fully saturated rings. The van der Waals surface area contributed by atoms with Gasteiger partial charge in [0.1, 0.15) is 6.33 Å². The number of aromatic nitrogens is 3. The molecule has 19 heavy (non-hydrogen) atoms. The molecule has 0 amide bonds.